The average molecular weight is 289 g/mol. The highest BCUT2D eigenvalue weighted by molar-refractivity contribution is 5.95. The molecule has 0 unspecified atom stereocenters. The summed E-state index contributed by atoms with van der Waals surface area (Å²) < 4.78 is 10.3. The van der Waals surface area contributed by atoms with Crippen LogP contribution in [0.25, 0.3) is 0 Å². The molecule has 1 aromatic rings. The summed E-state index contributed by atoms with van der Waals surface area (Å²) in [5.74, 6) is 0.326. The number of ether oxygens (including phenoxy) is 2. The fourth-order valence-corrected chi connectivity index (χ4v) is 2.11. The second-order valence-electron chi connectivity index (χ2n) is 4.76. The standard InChI is InChI=1S/C16H19NO4/c1-3-20-16(19)12(2)11-21-14-8-6-13(7-9-14)17-10-4-5-15(17)18/h6-9H,2-5,10-11H2,1H3. The first kappa shape index (κ1) is 15.1. The zero-order chi connectivity index (χ0) is 15.2. The average Bonchev–Trinajstić information content (AvgIpc) is 2.91. The lowest BCUT2D eigenvalue weighted by Crippen LogP contribution is -2.23. The SMILES string of the molecule is C=C(COc1ccc(N2CCCC2=O)cc1)C(=O)OCC. The number of hydrogen-bond donors (Lipinski definition) is 0. The molecule has 0 atom stereocenters. The van der Waals surface area contributed by atoms with Gasteiger partial charge in [-0.25, -0.2) is 4.79 Å². The summed E-state index contributed by atoms with van der Waals surface area (Å²) in [6.07, 6.45) is 1.51. The van der Waals surface area contributed by atoms with Crippen molar-refractivity contribution in [3.05, 3.63) is 36.4 Å². The molecule has 1 aromatic carbocycles. The molecule has 2 rings (SSSR count). The van der Waals surface area contributed by atoms with Crippen LogP contribution < -0.4 is 9.64 Å². The summed E-state index contributed by atoms with van der Waals surface area (Å²) in [4.78, 5) is 24.8. The van der Waals surface area contributed by atoms with Gasteiger partial charge in [-0.1, -0.05) is 6.58 Å². The summed E-state index contributed by atoms with van der Waals surface area (Å²) >= 11 is 0. The number of carbonyl (C=O) groups is 2. The minimum absolute atomic E-state index is 0.0842. The summed E-state index contributed by atoms with van der Waals surface area (Å²) in [5.41, 5.74) is 1.14. The molecule has 1 aliphatic heterocycles. The Morgan fingerprint density at radius 1 is 1.33 bits per heavy atom. The third-order valence-corrected chi connectivity index (χ3v) is 3.20. The molecule has 5 heteroatoms. The lowest BCUT2D eigenvalue weighted by Gasteiger charge is -2.16. The van der Waals surface area contributed by atoms with E-state index in [4.69, 9.17) is 9.47 Å². The first-order valence-electron chi connectivity index (χ1n) is 7.00. The number of carbonyl (C=O) groups excluding carboxylic acids is 2. The molecular weight excluding hydrogens is 270 g/mol. The third kappa shape index (κ3) is 3.84. The fourth-order valence-electron chi connectivity index (χ4n) is 2.11. The molecule has 0 radical (unpaired) electrons. The lowest BCUT2D eigenvalue weighted by atomic mass is 10.2. The van der Waals surface area contributed by atoms with Crippen molar-refractivity contribution in [1.82, 2.24) is 0 Å². The summed E-state index contributed by atoms with van der Waals surface area (Å²) in [6.45, 7) is 6.53. The maximum Gasteiger partial charge on any atom is 0.336 e. The van der Waals surface area contributed by atoms with Crippen LogP contribution in [0.2, 0.25) is 0 Å². The number of hydrogen-bond acceptors (Lipinski definition) is 4. The number of amides is 1. The van der Waals surface area contributed by atoms with E-state index in [2.05, 4.69) is 6.58 Å². The van der Waals surface area contributed by atoms with Crippen LogP contribution in [0.15, 0.2) is 36.4 Å². The molecule has 0 bridgehead atoms. The molecule has 1 aliphatic rings. The smallest absolute Gasteiger partial charge is 0.336 e. The molecule has 1 heterocycles. The van der Waals surface area contributed by atoms with Crippen LogP contribution in [-0.2, 0) is 14.3 Å². The number of nitrogens with zero attached hydrogens (tertiary/aromatic N) is 1. The molecule has 21 heavy (non-hydrogen) atoms. The molecule has 0 N–H and O–H groups in total. The second-order valence-corrected chi connectivity index (χ2v) is 4.76. The second kappa shape index (κ2) is 6.92. The molecule has 0 saturated carbocycles. The predicted molar refractivity (Wildman–Crippen MR) is 79.3 cm³/mol. The van der Waals surface area contributed by atoms with Gasteiger partial charge in [0.1, 0.15) is 12.4 Å². The van der Waals surface area contributed by atoms with E-state index >= 15 is 0 Å². The molecular formula is C16H19NO4. The highest BCUT2D eigenvalue weighted by atomic mass is 16.5. The van der Waals surface area contributed by atoms with Gasteiger partial charge >= 0.3 is 5.97 Å². The van der Waals surface area contributed by atoms with Crippen LogP contribution in [-0.4, -0.2) is 31.6 Å². The van der Waals surface area contributed by atoms with E-state index in [9.17, 15) is 9.59 Å². The Morgan fingerprint density at radius 3 is 2.62 bits per heavy atom. The van der Waals surface area contributed by atoms with Crippen LogP contribution >= 0.6 is 0 Å². The van der Waals surface area contributed by atoms with Gasteiger partial charge in [0.2, 0.25) is 5.91 Å². The quantitative estimate of drug-likeness (QED) is 0.595. The Kier molecular flexibility index (Phi) is 4.98. The first-order chi connectivity index (χ1) is 10.1. The van der Waals surface area contributed by atoms with Crippen molar-refractivity contribution in [1.29, 1.82) is 0 Å². The van der Waals surface area contributed by atoms with E-state index in [1.165, 1.54) is 0 Å². The Hall–Kier alpha value is -2.30. The normalized spacial score (nSPS) is 14.1. The maximum absolute atomic E-state index is 11.6. The van der Waals surface area contributed by atoms with Gasteiger partial charge in [-0.3, -0.25) is 4.79 Å². The number of benzene rings is 1. The van der Waals surface area contributed by atoms with E-state index in [1.807, 2.05) is 12.1 Å². The predicted octanol–water partition coefficient (Wildman–Crippen LogP) is 2.31. The van der Waals surface area contributed by atoms with Gasteiger partial charge in [0, 0.05) is 18.7 Å². The van der Waals surface area contributed by atoms with E-state index in [-0.39, 0.29) is 18.1 Å². The third-order valence-electron chi connectivity index (χ3n) is 3.20. The van der Waals surface area contributed by atoms with Gasteiger partial charge in [0.25, 0.3) is 0 Å². The molecule has 1 saturated heterocycles. The van der Waals surface area contributed by atoms with Crippen LogP contribution in [0.3, 0.4) is 0 Å². The highest BCUT2D eigenvalue weighted by Crippen LogP contribution is 2.24. The molecule has 5 nitrogen and oxygen atoms in total. The van der Waals surface area contributed by atoms with Crippen molar-refractivity contribution in [2.45, 2.75) is 19.8 Å². The van der Waals surface area contributed by atoms with E-state index in [1.54, 1.807) is 24.0 Å². The Bertz CT molecular complexity index is 536. The number of rotatable bonds is 6. The van der Waals surface area contributed by atoms with Crippen molar-refractivity contribution in [3.63, 3.8) is 0 Å². The van der Waals surface area contributed by atoms with Crippen LogP contribution in [0.4, 0.5) is 5.69 Å². The summed E-state index contributed by atoms with van der Waals surface area (Å²) in [7, 11) is 0. The van der Waals surface area contributed by atoms with Gasteiger partial charge in [0.15, 0.2) is 0 Å². The zero-order valence-corrected chi connectivity index (χ0v) is 12.1. The zero-order valence-electron chi connectivity index (χ0n) is 12.1. The summed E-state index contributed by atoms with van der Waals surface area (Å²) in [6, 6.07) is 7.23. The minimum Gasteiger partial charge on any atom is -0.489 e. The van der Waals surface area contributed by atoms with Crippen molar-refractivity contribution < 1.29 is 19.1 Å². The molecule has 1 amide bonds. The maximum atomic E-state index is 11.6. The molecule has 1 fully saturated rings. The molecule has 0 aliphatic carbocycles. The van der Waals surface area contributed by atoms with Crippen LogP contribution in [0, 0.1) is 0 Å². The Balaban J connectivity index is 1.89. The van der Waals surface area contributed by atoms with Gasteiger partial charge in [0.05, 0.1) is 12.2 Å². The van der Waals surface area contributed by atoms with Crippen molar-refractivity contribution in [3.8, 4) is 5.75 Å². The van der Waals surface area contributed by atoms with Crippen molar-refractivity contribution in [2.24, 2.45) is 0 Å². The van der Waals surface area contributed by atoms with Gasteiger partial charge in [-0.15, -0.1) is 0 Å². The fraction of sp³-hybridized carbons (Fsp3) is 0.375. The van der Waals surface area contributed by atoms with E-state index < -0.39 is 5.97 Å². The molecule has 0 spiro atoms. The number of anilines is 1. The first-order valence-corrected chi connectivity index (χ1v) is 7.00. The van der Waals surface area contributed by atoms with Crippen molar-refractivity contribution in [2.75, 3.05) is 24.7 Å². The summed E-state index contributed by atoms with van der Waals surface area (Å²) in [5, 5.41) is 0. The largest absolute Gasteiger partial charge is 0.489 e. The monoisotopic (exact) mass is 289 g/mol. The Labute approximate surface area is 124 Å². The van der Waals surface area contributed by atoms with Crippen molar-refractivity contribution >= 4 is 17.6 Å². The van der Waals surface area contributed by atoms with E-state index in [0.29, 0.717) is 18.8 Å². The molecule has 112 valence electrons. The van der Waals surface area contributed by atoms with Gasteiger partial charge in [-0.2, -0.15) is 0 Å². The topological polar surface area (TPSA) is 55.8 Å². The number of esters is 1. The minimum atomic E-state index is -0.447. The van der Waals surface area contributed by atoms with Crippen LogP contribution in [0.1, 0.15) is 19.8 Å². The van der Waals surface area contributed by atoms with Crippen LogP contribution in [0.5, 0.6) is 5.75 Å². The van der Waals surface area contributed by atoms with Gasteiger partial charge in [-0.05, 0) is 37.6 Å². The lowest BCUT2D eigenvalue weighted by molar-refractivity contribution is -0.138. The van der Waals surface area contributed by atoms with E-state index in [0.717, 1.165) is 18.7 Å². The Morgan fingerprint density at radius 2 is 2.05 bits per heavy atom. The molecule has 0 aromatic heterocycles. The van der Waals surface area contributed by atoms with Gasteiger partial charge < -0.3 is 14.4 Å². The highest BCUT2D eigenvalue weighted by Gasteiger charge is 2.21.